The summed E-state index contributed by atoms with van der Waals surface area (Å²) in [6.07, 6.45) is 0.281. The average molecular weight is 358 g/mol. The quantitative estimate of drug-likeness (QED) is 0.538. The van der Waals surface area contributed by atoms with E-state index < -0.39 is 0 Å². The van der Waals surface area contributed by atoms with E-state index in [-0.39, 0.29) is 17.9 Å². The first kappa shape index (κ1) is 17.2. The maximum absolute atomic E-state index is 12.5. The van der Waals surface area contributed by atoms with Crippen LogP contribution in [0.15, 0.2) is 44.8 Å². The normalized spacial score (nSPS) is 11.0. The Morgan fingerprint density at radius 1 is 1.36 bits per heavy atom. The third-order valence-electron chi connectivity index (χ3n) is 3.60. The summed E-state index contributed by atoms with van der Waals surface area (Å²) in [5.74, 6) is 1.39. The van der Waals surface area contributed by atoms with Crippen LogP contribution in [-0.2, 0) is 11.3 Å². The van der Waals surface area contributed by atoms with Crippen LogP contribution in [0.1, 0.15) is 19.1 Å². The van der Waals surface area contributed by atoms with Crippen molar-refractivity contribution < 1.29 is 9.32 Å². The van der Waals surface area contributed by atoms with Crippen molar-refractivity contribution in [3.63, 3.8) is 0 Å². The fourth-order valence-electron chi connectivity index (χ4n) is 2.40. The monoisotopic (exact) mass is 358 g/mol. The number of fused-ring (bicyclic) bond motifs is 1. The molecule has 7 nitrogen and oxygen atoms in total. The standard InChI is InChI=1S/C17H18N4O3S/c1-3-21-16(23)12-6-4-5-7-13(12)18-17(21)25-9-8-15(22)19-14-10-11(2)24-20-14/h4-7,10H,3,8-9H2,1-2H3,(H,19,20,22). The zero-order valence-corrected chi connectivity index (χ0v) is 14.8. The van der Waals surface area contributed by atoms with Crippen LogP contribution in [0, 0.1) is 6.92 Å². The Bertz CT molecular complexity index is 964. The van der Waals surface area contributed by atoms with Gasteiger partial charge in [-0.25, -0.2) is 4.98 Å². The minimum atomic E-state index is -0.160. The molecule has 0 radical (unpaired) electrons. The number of aromatic nitrogens is 3. The van der Waals surface area contributed by atoms with Gasteiger partial charge in [-0.05, 0) is 26.0 Å². The molecule has 0 aliphatic heterocycles. The Labute approximate surface area is 148 Å². The van der Waals surface area contributed by atoms with Gasteiger partial charge in [-0.15, -0.1) is 0 Å². The Morgan fingerprint density at radius 2 is 2.16 bits per heavy atom. The molecule has 0 spiro atoms. The zero-order chi connectivity index (χ0) is 17.8. The van der Waals surface area contributed by atoms with E-state index in [1.807, 2.05) is 25.1 Å². The van der Waals surface area contributed by atoms with Gasteiger partial charge in [0.25, 0.3) is 5.56 Å². The van der Waals surface area contributed by atoms with E-state index in [0.717, 1.165) is 0 Å². The molecule has 1 amide bonds. The average Bonchev–Trinajstić information content (AvgIpc) is 3.00. The summed E-state index contributed by atoms with van der Waals surface area (Å²) in [4.78, 5) is 29.0. The lowest BCUT2D eigenvalue weighted by Gasteiger charge is -2.10. The summed E-state index contributed by atoms with van der Waals surface area (Å²) >= 11 is 1.39. The highest BCUT2D eigenvalue weighted by atomic mass is 32.2. The molecular formula is C17H18N4O3S. The summed E-state index contributed by atoms with van der Waals surface area (Å²) in [6, 6.07) is 8.94. The summed E-state index contributed by atoms with van der Waals surface area (Å²) in [5, 5.41) is 7.62. The number of amides is 1. The van der Waals surface area contributed by atoms with E-state index in [9.17, 15) is 9.59 Å². The van der Waals surface area contributed by atoms with Crippen molar-refractivity contribution in [1.29, 1.82) is 0 Å². The number of thioether (sulfide) groups is 1. The Kier molecular flexibility index (Phi) is 5.18. The van der Waals surface area contributed by atoms with Gasteiger partial charge in [0.15, 0.2) is 11.0 Å². The van der Waals surface area contributed by atoms with Crippen molar-refractivity contribution in [2.24, 2.45) is 0 Å². The lowest BCUT2D eigenvalue weighted by molar-refractivity contribution is -0.115. The second-order valence-corrected chi connectivity index (χ2v) is 6.49. The molecular weight excluding hydrogens is 340 g/mol. The van der Waals surface area contributed by atoms with Gasteiger partial charge in [-0.1, -0.05) is 29.1 Å². The van der Waals surface area contributed by atoms with Crippen molar-refractivity contribution in [2.45, 2.75) is 32.0 Å². The molecule has 0 aliphatic rings. The third-order valence-corrected chi connectivity index (χ3v) is 4.58. The summed E-state index contributed by atoms with van der Waals surface area (Å²) in [6.45, 7) is 4.19. The van der Waals surface area contributed by atoms with Crippen LogP contribution in [0.4, 0.5) is 5.82 Å². The van der Waals surface area contributed by atoms with E-state index in [2.05, 4.69) is 15.5 Å². The van der Waals surface area contributed by atoms with Crippen LogP contribution < -0.4 is 10.9 Å². The number of anilines is 1. The number of para-hydroxylation sites is 1. The van der Waals surface area contributed by atoms with Gasteiger partial charge in [0.1, 0.15) is 5.76 Å². The molecule has 2 aromatic heterocycles. The molecule has 0 atom stereocenters. The topological polar surface area (TPSA) is 90.0 Å². The van der Waals surface area contributed by atoms with Crippen molar-refractivity contribution in [1.82, 2.24) is 14.7 Å². The molecule has 3 aromatic rings. The van der Waals surface area contributed by atoms with Crippen LogP contribution in [0.25, 0.3) is 10.9 Å². The molecule has 0 fully saturated rings. The van der Waals surface area contributed by atoms with E-state index in [0.29, 0.717) is 39.9 Å². The molecule has 1 N–H and O–H groups in total. The molecule has 1 aromatic carbocycles. The third kappa shape index (κ3) is 3.90. The van der Waals surface area contributed by atoms with Crippen LogP contribution in [-0.4, -0.2) is 26.4 Å². The SMILES string of the molecule is CCn1c(SCCC(=O)Nc2cc(C)on2)nc2ccccc2c1=O. The predicted molar refractivity (Wildman–Crippen MR) is 96.9 cm³/mol. The maximum atomic E-state index is 12.5. The summed E-state index contributed by atoms with van der Waals surface area (Å²) in [5.41, 5.74) is 0.611. The van der Waals surface area contributed by atoms with Gasteiger partial charge in [-0.3, -0.25) is 14.2 Å². The van der Waals surface area contributed by atoms with Crippen LogP contribution >= 0.6 is 11.8 Å². The lowest BCUT2D eigenvalue weighted by Crippen LogP contribution is -2.22. The molecule has 2 heterocycles. The van der Waals surface area contributed by atoms with Crippen molar-refractivity contribution in [3.8, 4) is 0 Å². The lowest BCUT2D eigenvalue weighted by atomic mass is 10.2. The number of rotatable bonds is 6. The minimum absolute atomic E-state index is 0.0573. The number of nitrogens with one attached hydrogen (secondary N) is 1. The Hall–Kier alpha value is -2.61. The number of benzene rings is 1. The van der Waals surface area contributed by atoms with Gasteiger partial charge in [0.05, 0.1) is 10.9 Å². The highest BCUT2D eigenvalue weighted by Crippen LogP contribution is 2.19. The first-order valence-electron chi connectivity index (χ1n) is 7.94. The molecule has 3 rings (SSSR count). The number of carbonyl (C=O) groups excluding carboxylic acids is 1. The number of nitrogens with zero attached hydrogens (tertiary/aromatic N) is 3. The van der Waals surface area contributed by atoms with Crippen LogP contribution in [0.5, 0.6) is 0 Å². The smallest absolute Gasteiger partial charge is 0.262 e. The molecule has 130 valence electrons. The van der Waals surface area contributed by atoms with E-state index in [1.165, 1.54) is 11.8 Å². The predicted octanol–water partition coefficient (Wildman–Crippen LogP) is 2.83. The highest BCUT2D eigenvalue weighted by Gasteiger charge is 2.11. The maximum Gasteiger partial charge on any atom is 0.262 e. The molecule has 0 saturated carbocycles. The number of carbonyl (C=O) groups is 1. The van der Waals surface area contributed by atoms with Gasteiger partial charge < -0.3 is 9.84 Å². The second-order valence-electron chi connectivity index (χ2n) is 5.43. The van der Waals surface area contributed by atoms with Crippen LogP contribution in [0.2, 0.25) is 0 Å². The van der Waals surface area contributed by atoms with Gasteiger partial charge in [-0.2, -0.15) is 0 Å². The van der Waals surface area contributed by atoms with Crippen LogP contribution in [0.3, 0.4) is 0 Å². The number of aryl methyl sites for hydroxylation is 1. The summed E-state index contributed by atoms with van der Waals surface area (Å²) in [7, 11) is 0. The molecule has 0 saturated heterocycles. The fourth-order valence-corrected chi connectivity index (χ4v) is 3.40. The minimum Gasteiger partial charge on any atom is -0.360 e. The van der Waals surface area contributed by atoms with E-state index in [1.54, 1.807) is 23.6 Å². The first-order chi connectivity index (χ1) is 12.1. The molecule has 0 aliphatic carbocycles. The largest absolute Gasteiger partial charge is 0.360 e. The number of hydrogen-bond acceptors (Lipinski definition) is 6. The molecule has 25 heavy (non-hydrogen) atoms. The van der Waals surface area contributed by atoms with Crippen molar-refractivity contribution in [2.75, 3.05) is 11.1 Å². The van der Waals surface area contributed by atoms with Gasteiger partial charge >= 0.3 is 0 Å². The molecule has 8 heteroatoms. The fraction of sp³-hybridized carbons (Fsp3) is 0.294. The van der Waals surface area contributed by atoms with Gasteiger partial charge in [0.2, 0.25) is 5.91 Å². The van der Waals surface area contributed by atoms with E-state index >= 15 is 0 Å². The van der Waals surface area contributed by atoms with Gasteiger partial charge in [0, 0.05) is 24.8 Å². The first-order valence-corrected chi connectivity index (χ1v) is 8.92. The number of hydrogen-bond donors (Lipinski definition) is 1. The second kappa shape index (κ2) is 7.52. The Balaban J connectivity index is 1.68. The van der Waals surface area contributed by atoms with Crippen molar-refractivity contribution in [3.05, 3.63) is 46.4 Å². The molecule has 0 unspecified atom stereocenters. The van der Waals surface area contributed by atoms with E-state index in [4.69, 9.17) is 4.52 Å². The molecule has 0 bridgehead atoms. The Morgan fingerprint density at radius 3 is 2.88 bits per heavy atom. The van der Waals surface area contributed by atoms with Crippen molar-refractivity contribution >= 4 is 34.4 Å². The summed E-state index contributed by atoms with van der Waals surface area (Å²) < 4.78 is 6.54. The zero-order valence-electron chi connectivity index (χ0n) is 14.0. The highest BCUT2D eigenvalue weighted by molar-refractivity contribution is 7.99.